The van der Waals surface area contributed by atoms with Gasteiger partial charge in [0.05, 0.1) is 0 Å². The van der Waals surface area contributed by atoms with Gasteiger partial charge < -0.3 is 4.42 Å². The van der Waals surface area contributed by atoms with Crippen molar-refractivity contribution >= 4 is 65.0 Å². The van der Waals surface area contributed by atoms with Crippen molar-refractivity contribution in [2.24, 2.45) is 0 Å². The van der Waals surface area contributed by atoms with Crippen LogP contribution in [0.4, 0.5) is 0 Å². The molecule has 50 heavy (non-hydrogen) atoms. The molecular weight excluding hydrogens is 605 g/mol. The van der Waals surface area contributed by atoms with Gasteiger partial charge in [0.15, 0.2) is 0 Å². The summed E-state index contributed by atoms with van der Waals surface area (Å²) in [5, 5.41) is 12.2. The number of hydrogen-bond acceptors (Lipinski definition) is 1. The van der Waals surface area contributed by atoms with E-state index in [4.69, 9.17) is 4.42 Å². The van der Waals surface area contributed by atoms with Gasteiger partial charge in [-0.25, -0.2) is 0 Å². The van der Waals surface area contributed by atoms with Gasteiger partial charge in [0.2, 0.25) is 0 Å². The number of fused-ring (bicyclic) bond motifs is 10. The Morgan fingerprint density at radius 2 is 0.900 bits per heavy atom. The number of furan rings is 1. The van der Waals surface area contributed by atoms with Gasteiger partial charge in [-0.15, -0.1) is 0 Å². The Hall–Kier alpha value is -6.18. The van der Waals surface area contributed by atoms with Crippen molar-refractivity contribution in [1.82, 2.24) is 0 Å². The molecule has 0 fully saturated rings. The summed E-state index contributed by atoms with van der Waals surface area (Å²) in [5.74, 6) is 0. The lowest BCUT2D eigenvalue weighted by molar-refractivity contribution is 0.658. The second kappa shape index (κ2) is 9.94. The van der Waals surface area contributed by atoms with Gasteiger partial charge in [-0.2, -0.15) is 0 Å². The highest BCUT2D eigenvalue weighted by Gasteiger charge is 2.39. The molecule has 0 atom stereocenters. The molecule has 1 aromatic heterocycles. The lowest BCUT2D eigenvalue weighted by Crippen LogP contribution is -2.14. The van der Waals surface area contributed by atoms with Crippen LogP contribution in [-0.2, 0) is 5.41 Å². The van der Waals surface area contributed by atoms with Crippen LogP contribution in [0, 0.1) is 0 Å². The van der Waals surface area contributed by atoms with E-state index in [9.17, 15) is 0 Å². The van der Waals surface area contributed by atoms with Crippen molar-refractivity contribution in [3.05, 3.63) is 169 Å². The first-order chi connectivity index (χ1) is 24.6. The van der Waals surface area contributed by atoms with Gasteiger partial charge in [-0.3, -0.25) is 0 Å². The summed E-state index contributed by atoms with van der Waals surface area (Å²) in [4.78, 5) is 0. The first-order valence-electron chi connectivity index (χ1n) is 17.5. The fourth-order valence-corrected chi connectivity index (χ4v) is 9.13. The van der Waals surface area contributed by atoms with Gasteiger partial charge in [0.1, 0.15) is 11.2 Å². The third kappa shape index (κ3) is 3.62. The van der Waals surface area contributed by atoms with Crippen LogP contribution in [0.25, 0.3) is 98.4 Å². The summed E-state index contributed by atoms with van der Waals surface area (Å²) in [6.45, 7) is 4.76. The summed E-state index contributed by atoms with van der Waals surface area (Å²) >= 11 is 0. The predicted octanol–water partition coefficient (Wildman–Crippen LogP) is 13.8. The van der Waals surface area contributed by atoms with Crippen LogP contribution in [0.2, 0.25) is 0 Å². The highest BCUT2D eigenvalue weighted by Crippen LogP contribution is 2.58. The number of rotatable bonds is 2. The lowest BCUT2D eigenvalue weighted by atomic mass is 9.79. The van der Waals surface area contributed by atoms with E-state index in [1.54, 1.807) is 0 Å². The van der Waals surface area contributed by atoms with Crippen molar-refractivity contribution in [2.75, 3.05) is 0 Å². The monoisotopic (exact) mass is 636 g/mol. The molecular formula is C49H32O. The number of hydrogen-bond donors (Lipinski definition) is 0. The summed E-state index contributed by atoms with van der Waals surface area (Å²) < 4.78 is 7.12. The summed E-state index contributed by atoms with van der Waals surface area (Å²) in [6.07, 6.45) is 0. The topological polar surface area (TPSA) is 13.1 Å². The molecule has 0 aliphatic heterocycles. The minimum Gasteiger partial charge on any atom is -0.455 e. The maximum atomic E-state index is 7.12. The molecule has 0 N–H and O–H groups in total. The highest BCUT2D eigenvalue weighted by molar-refractivity contribution is 6.28. The average molecular weight is 637 g/mol. The van der Waals surface area contributed by atoms with E-state index in [2.05, 4.69) is 172 Å². The highest BCUT2D eigenvalue weighted by atomic mass is 16.3. The molecule has 1 aliphatic rings. The van der Waals surface area contributed by atoms with E-state index in [1.165, 1.54) is 93.0 Å². The first kappa shape index (κ1) is 27.7. The molecule has 9 aromatic carbocycles. The molecule has 1 nitrogen and oxygen atoms in total. The van der Waals surface area contributed by atoms with Crippen LogP contribution >= 0.6 is 0 Å². The van der Waals surface area contributed by atoms with Crippen LogP contribution in [0.3, 0.4) is 0 Å². The summed E-state index contributed by atoms with van der Waals surface area (Å²) in [6, 6.07) is 58.0. The fourth-order valence-electron chi connectivity index (χ4n) is 9.13. The van der Waals surface area contributed by atoms with Crippen LogP contribution in [0.5, 0.6) is 0 Å². The molecule has 0 saturated carbocycles. The van der Waals surface area contributed by atoms with Crippen LogP contribution in [0.1, 0.15) is 25.0 Å². The maximum Gasteiger partial charge on any atom is 0.143 e. The molecule has 0 unspecified atom stereocenters. The third-order valence-corrected chi connectivity index (χ3v) is 11.4. The molecule has 0 saturated heterocycles. The third-order valence-electron chi connectivity index (χ3n) is 11.4. The minimum atomic E-state index is -0.177. The van der Waals surface area contributed by atoms with E-state index in [-0.39, 0.29) is 5.41 Å². The van der Waals surface area contributed by atoms with Crippen molar-refractivity contribution in [2.45, 2.75) is 19.3 Å². The minimum absolute atomic E-state index is 0.177. The molecule has 1 aliphatic carbocycles. The zero-order valence-electron chi connectivity index (χ0n) is 27.9. The van der Waals surface area contributed by atoms with Gasteiger partial charge in [0, 0.05) is 27.3 Å². The van der Waals surface area contributed by atoms with E-state index >= 15 is 0 Å². The average Bonchev–Trinajstić information content (AvgIpc) is 3.63. The summed E-state index contributed by atoms with van der Waals surface area (Å²) in [5.41, 5.74) is 11.9. The zero-order valence-corrected chi connectivity index (χ0v) is 27.9. The molecule has 0 bridgehead atoms. The lowest BCUT2D eigenvalue weighted by Gasteiger charge is -2.23. The fraction of sp³-hybridized carbons (Fsp3) is 0.0612. The zero-order chi connectivity index (χ0) is 33.1. The molecule has 234 valence electrons. The SMILES string of the molecule is CC1(C)c2ccccc2-c2c1cc1c(oc3cc4ccccc4cc31)c2-c1c2ccccc2c(-c2cccc3ccccc23)c2ccccc12. The molecule has 1 heterocycles. The smallest absolute Gasteiger partial charge is 0.143 e. The Balaban J connectivity index is 1.37. The van der Waals surface area contributed by atoms with E-state index < -0.39 is 0 Å². The molecule has 10 aromatic rings. The quantitative estimate of drug-likeness (QED) is 0.172. The maximum absolute atomic E-state index is 7.12. The van der Waals surface area contributed by atoms with Gasteiger partial charge in [-0.1, -0.05) is 153 Å². The summed E-state index contributed by atoms with van der Waals surface area (Å²) in [7, 11) is 0. The van der Waals surface area contributed by atoms with Crippen LogP contribution < -0.4 is 0 Å². The van der Waals surface area contributed by atoms with Gasteiger partial charge in [0.25, 0.3) is 0 Å². The molecule has 11 rings (SSSR count). The standard InChI is InChI=1S/C49H32O/c1-49(2)41-25-12-11-23-38(41)46-42(49)28-40-39-26-30-15-3-4-16-31(30)27-43(39)50-48(40)47(46)45-36-21-9-7-19-34(36)44(35-20-8-10-22-37(35)45)33-24-13-17-29-14-5-6-18-32(29)33/h3-28H,1-2H3. The van der Waals surface area contributed by atoms with Gasteiger partial charge in [-0.05, 0) is 94.7 Å². The Morgan fingerprint density at radius 1 is 0.360 bits per heavy atom. The molecule has 0 spiro atoms. The van der Waals surface area contributed by atoms with E-state index in [0.29, 0.717) is 0 Å². The Labute approximate surface area is 290 Å². The largest absolute Gasteiger partial charge is 0.455 e. The van der Waals surface area contributed by atoms with Crippen molar-refractivity contribution in [1.29, 1.82) is 0 Å². The normalized spacial score (nSPS) is 13.6. The molecule has 0 amide bonds. The predicted molar refractivity (Wildman–Crippen MR) is 212 cm³/mol. The first-order valence-corrected chi connectivity index (χ1v) is 17.5. The van der Waals surface area contributed by atoms with E-state index in [1.807, 2.05) is 0 Å². The Morgan fingerprint density at radius 3 is 1.62 bits per heavy atom. The van der Waals surface area contributed by atoms with Crippen molar-refractivity contribution in [3.8, 4) is 33.4 Å². The Kier molecular flexibility index (Phi) is 5.51. The second-order valence-electron chi connectivity index (χ2n) is 14.4. The second-order valence-corrected chi connectivity index (χ2v) is 14.4. The van der Waals surface area contributed by atoms with E-state index in [0.717, 1.165) is 16.6 Å². The molecule has 1 heteroatoms. The van der Waals surface area contributed by atoms with Crippen molar-refractivity contribution in [3.63, 3.8) is 0 Å². The Bertz CT molecular complexity index is 3000. The molecule has 0 radical (unpaired) electrons. The van der Waals surface area contributed by atoms with Crippen LogP contribution in [0.15, 0.2) is 162 Å². The van der Waals surface area contributed by atoms with Crippen LogP contribution in [-0.4, -0.2) is 0 Å². The number of benzene rings is 9. The van der Waals surface area contributed by atoms with Gasteiger partial charge >= 0.3 is 0 Å². The van der Waals surface area contributed by atoms with Crippen molar-refractivity contribution < 1.29 is 4.42 Å².